The smallest absolute Gasteiger partial charge is 0.410 e. The molecule has 1 saturated carbocycles. The summed E-state index contributed by atoms with van der Waals surface area (Å²) in [5.74, 6) is 1.52. The number of aromatic carboxylic acids is 1. The largest absolute Gasteiger partial charge is 0.477 e. The van der Waals surface area contributed by atoms with E-state index in [0.717, 1.165) is 6.07 Å². The van der Waals surface area contributed by atoms with E-state index in [2.05, 4.69) is 11.8 Å². The zero-order valence-electron chi connectivity index (χ0n) is 21.2. The predicted molar refractivity (Wildman–Crippen MR) is 132 cm³/mol. The van der Waals surface area contributed by atoms with Crippen molar-refractivity contribution in [1.82, 2.24) is 9.47 Å². The van der Waals surface area contributed by atoms with E-state index in [4.69, 9.17) is 4.74 Å². The molecule has 2 aliphatic rings. The number of amides is 1. The van der Waals surface area contributed by atoms with Crippen LogP contribution in [0.25, 0.3) is 10.9 Å². The standard InChI is InChI=1S/C27H30F2N2O6/c1-5-20-21(25(34)35)24(33)18-12-19(28)22(29)17(23(18)31(20)14-9-10-14)8-6-7-15-11-16(32)13-30(15)26(36)37-27(2,3)4/h12,14-16,32H,5,7,9-11,13H2,1-4H3,(H,34,35)/t15-,16-/m1/s1. The summed E-state index contributed by atoms with van der Waals surface area (Å²) < 4.78 is 36.8. The van der Waals surface area contributed by atoms with Crippen molar-refractivity contribution in [3.05, 3.63) is 44.7 Å². The van der Waals surface area contributed by atoms with Crippen LogP contribution in [0.5, 0.6) is 0 Å². The Morgan fingerprint density at radius 1 is 1.24 bits per heavy atom. The fourth-order valence-corrected chi connectivity index (χ4v) is 4.87. The Morgan fingerprint density at radius 3 is 2.49 bits per heavy atom. The lowest BCUT2D eigenvalue weighted by Crippen LogP contribution is -2.40. The molecule has 0 spiro atoms. The molecule has 37 heavy (non-hydrogen) atoms. The average Bonchev–Trinajstić information content (AvgIpc) is 3.56. The van der Waals surface area contributed by atoms with Gasteiger partial charge in [-0.3, -0.25) is 4.79 Å². The second-order valence-electron chi connectivity index (χ2n) is 10.5. The van der Waals surface area contributed by atoms with E-state index < -0.39 is 52.4 Å². The van der Waals surface area contributed by atoms with Gasteiger partial charge in [0.15, 0.2) is 11.6 Å². The molecule has 1 amide bonds. The van der Waals surface area contributed by atoms with Crippen LogP contribution in [0, 0.1) is 23.5 Å². The number of nitrogens with zero attached hydrogens (tertiary/aromatic N) is 2. The van der Waals surface area contributed by atoms with E-state index in [1.807, 2.05) is 0 Å². The van der Waals surface area contributed by atoms with Crippen LogP contribution in [-0.4, -0.2) is 56.0 Å². The lowest BCUT2D eigenvalue weighted by molar-refractivity contribution is 0.0211. The molecule has 0 unspecified atom stereocenters. The van der Waals surface area contributed by atoms with Crippen LogP contribution in [0.3, 0.4) is 0 Å². The summed E-state index contributed by atoms with van der Waals surface area (Å²) in [5, 5.41) is 19.6. The fraction of sp³-hybridized carbons (Fsp3) is 0.519. The Balaban J connectivity index is 1.81. The Labute approximate surface area is 212 Å². The van der Waals surface area contributed by atoms with Gasteiger partial charge in [0.1, 0.15) is 11.2 Å². The first-order valence-corrected chi connectivity index (χ1v) is 12.3. The molecule has 1 aliphatic carbocycles. The number of rotatable bonds is 4. The lowest BCUT2D eigenvalue weighted by Gasteiger charge is -2.27. The molecule has 2 heterocycles. The van der Waals surface area contributed by atoms with Crippen LogP contribution in [-0.2, 0) is 11.2 Å². The number of aromatic nitrogens is 1. The zero-order valence-corrected chi connectivity index (χ0v) is 21.2. The highest BCUT2D eigenvalue weighted by atomic mass is 19.2. The maximum atomic E-state index is 15.1. The number of aliphatic hydroxyl groups excluding tert-OH is 1. The molecular formula is C27H30F2N2O6. The van der Waals surface area contributed by atoms with E-state index in [1.165, 1.54) is 4.90 Å². The summed E-state index contributed by atoms with van der Waals surface area (Å²) in [7, 11) is 0. The molecule has 2 N–H and O–H groups in total. The Morgan fingerprint density at radius 2 is 1.92 bits per heavy atom. The molecule has 1 aliphatic heterocycles. The Bertz CT molecular complexity index is 1390. The lowest BCUT2D eigenvalue weighted by atomic mass is 10.0. The quantitative estimate of drug-likeness (QED) is 0.595. The Hall–Kier alpha value is -3.45. The molecular weight excluding hydrogens is 486 g/mol. The van der Waals surface area contributed by atoms with Gasteiger partial charge in [-0.05, 0) is 52.5 Å². The molecule has 10 heteroatoms. The number of aliphatic hydroxyl groups is 1. The van der Waals surface area contributed by atoms with E-state index in [9.17, 15) is 29.0 Å². The average molecular weight is 517 g/mol. The number of likely N-dealkylation sites (tertiary alicyclic amines) is 1. The minimum atomic E-state index is -1.42. The topological polar surface area (TPSA) is 109 Å². The number of ether oxygens (including phenoxy) is 1. The molecule has 1 saturated heterocycles. The highest BCUT2D eigenvalue weighted by molar-refractivity contribution is 5.96. The van der Waals surface area contributed by atoms with Crippen LogP contribution in [0.1, 0.15) is 81.0 Å². The van der Waals surface area contributed by atoms with Crippen molar-refractivity contribution >= 4 is 23.0 Å². The van der Waals surface area contributed by atoms with E-state index in [0.29, 0.717) is 12.8 Å². The third kappa shape index (κ3) is 5.18. The molecule has 1 aromatic carbocycles. The molecule has 2 atom stereocenters. The van der Waals surface area contributed by atoms with Crippen LogP contribution in [0.15, 0.2) is 10.9 Å². The summed E-state index contributed by atoms with van der Waals surface area (Å²) in [4.78, 5) is 39.0. The molecule has 2 fully saturated rings. The number of carboxylic acid groups (broad SMARTS) is 1. The van der Waals surface area contributed by atoms with Crippen molar-refractivity contribution in [3.8, 4) is 11.8 Å². The first-order chi connectivity index (χ1) is 17.3. The number of hydrogen-bond donors (Lipinski definition) is 2. The molecule has 1 aromatic heterocycles. The number of benzene rings is 1. The summed E-state index contributed by atoms with van der Waals surface area (Å²) in [5.41, 5.74) is -2.06. The molecule has 198 valence electrons. The van der Waals surface area contributed by atoms with Crippen LogP contribution < -0.4 is 5.43 Å². The van der Waals surface area contributed by atoms with Gasteiger partial charge in [-0.1, -0.05) is 18.8 Å². The van der Waals surface area contributed by atoms with Crippen molar-refractivity contribution in [2.45, 2.75) is 83.6 Å². The number of fused-ring (bicyclic) bond motifs is 1. The van der Waals surface area contributed by atoms with Gasteiger partial charge in [0.25, 0.3) is 0 Å². The van der Waals surface area contributed by atoms with Crippen molar-refractivity contribution in [2.24, 2.45) is 0 Å². The zero-order chi connectivity index (χ0) is 27.2. The van der Waals surface area contributed by atoms with Gasteiger partial charge in [0.05, 0.1) is 29.1 Å². The summed E-state index contributed by atoms with van der Waals surface area (Å²) in [6, 6.07) is 0.0884. The monoisotopic (exact) mass is 516 g/mol. The summed E-state index contributed by atoms with van der Waals surface area (Å²) in [6.07, 6.45) is 0.549. The van der Waals surface area contributed by atoms with Gasteiger partial charge >= 0.3 is 12.1 Å². The van der Waals surface area contributed by atoms with Gasteiger partial charge in [0.2, 0.25) is 5.43 Å². The van der Waals surface area contributed by atoms with Crippen molar-refractivity contribution in [2.75, 3.05) is 6.54 Å². The van der Waals surface area contributed by atoms with Gasteiger partial charge in [-0.2, -0.15) is 0 Å². The maximum Gasteiger partial charge on any atom is 0.410 e. The number of β-amino-alcohol motifs (C(OH)–C–C–N with tert-alkyl or cyclic N) is 1. The highest BCUT2D eigenvalue weighted by Gasteiger charge is 2.36. The fourth-order valence-electron chi connectivity index (χ4n) is 4.87. The highest BCUT2D eigenvalue weighted by Crippen LogP contribution is 2.40. The van der Waals surface area contributed by atoms with E-state index >= 15 is 4.39 Å². The number of carbonyl (C=O) groups excluding carboxylic acids is 1. The number of pyridine rings is 1. The van der Waals surface area contributed by atoms with Crippen molar-refractivity contribution < 1.29 is 33.3 Å². The third-order valence-corrected chi connectivity index (χ3v) is 6.52. The van der Waals surface area contributed by atoms with Gasteiger partial charge < -0.3 is 24.4 Å². The molecule has 0 bridgehead atoms. The van der Waals surface area contributed by atoms with Crippen LogP contribution in [0.4, 0.5) is 13.6 Å². The number of carbonyl (C=O) groups is 2. The molecule has 4 rings (SSSR count). The van der Waals surface area contributed by atoms with Crippen molar-refractivity contribution in [1.29, 1.82) is 0 Å². The number of hydrogen-bond acceptors (Lipinski definition) is 5. The SMILES string of the molecule is CCc1c(C(=O)O)c(=O)c2cc(F)c(F)c(C#CC[C@@H]3C[C@@H](O)CN3C(=O)OC(C)(C)C)c2n1C1CC1. The second-order valence-corrected chi connectivity index (χ2v) is 10.5. The second kappa shape index (κ2) is 9.78. The van der Waals surface area contributed by atoms with Gasteiger partial charge in [-0.25, -0.2) is 18.4 Å². The normalized spacial score (nSPS) is 19.6. The molecule has 2 aromatic rings. The van der Waals surface area contributed by atoms with Gasteiger partial charge in [0, 0.05) is 24.2 Å². The first kappa shape index (κ1) is 26.6. The predicted octanol–water partition coefficient (Wildman–Crippen LogP) is 3.99. The van der Waals surface area contributed by atoms with E-state index in [-0.39, 0.29) is 54.0 Å². The number of carboxylic acids is 1. The van der Waals surface area contributed by atoms with Crippen molar-refractivity contribution in [3.63, 3.8) is 0 Å². The maximum absolute atomic E-state index is 15.1. The molecule has 8 nitrogen and oxygen atoms in total. The minimum Gasteiger partial charge on any atom is -0.477 e. The van der Waals surface area contributed by atoms with E-state index in [1.54, 1.807) is 32.3 Å². The summed E-state index contributed by atoms with van der Waals surface area (Å²) in [6.45, 7) is 6.95. The molecule has 0 radical (unpaired) electrons. The Kier molecular flexibility index (Phi) is 7.04. The number of halogens is 2. The van der Waals surface area contributed by atoms with Gasteiger partial charge in [-0.15, -0.1) is 0 Å². The summed E-state index contributed by atoms with van der Waals surface area (Å²) >= 11 is 0. The van der Waals surface area contributed by atoms with Crippen LogP contribution >= 0.6 is 0 Å². The van der Waals surface area contributed by atoms with Crippen LogP contribution in [0.2, 0.25) is 0 Å². The first-order valence-electron chi connectivity index (χ1n) is 12.3. The third-order valence-electron chi connectivity index (χ3n) is 6.52. The minimum absolute atomic E-state index is 0.0508.